The number of fused-ring (bicyclic) bond motifs is 1. The summed E-state index contributed by atoms with van der Waals surface area (Å²) in [4.78, 5) is 0. The Bertz CT molecular complexity index is 862. The van der Waals surface area contributed by atoms with Gasteiger partial charge in [-0.05, 0) is 40.0 Å². The first-order chi connectivity index (χ1) is 11.9. The fourth-order valence-electron chi connectivity index (χ4n) is 4.61. The van der Waals surface area contributed by atoms with Crippen LogP contribution < -0.4 is 0 Å². The zero-order valence-electron chi connectivity index (χ0n) is 13.5. The number of hydrogen-bond acceptors (Lipinski definition) is 0. The van der Waals surface area contributed by atoms with Gasteiger partial charge in [0.2, 0.25) is 0 Å². The first-order valence-electron chi connectivity index (χ1n) is 8.80. The maximum absolute atomic E-state index is 2.55. The molecule has 24 heavy (non-hydrogen) atoms. The van der Waals surface area contributed by atoms with Crippen LogP contribution in [0.15, 0.2) is 97.1 Å². The van der Waals surface area contributed by atoms with Crippen molar-refractivity contribution in [2.75, 3.05) is 0 Å². The van der Waals surface area contributed by atoms with E-state index in [0.29, 0.717) is 23.7 Å². The number of allylic oxidation sites excluding steroid dienone is 2. The van der Waals surface area contributed by atoms with Crippen molar-refractivity contribution >= 4 is 5.57 Å². The average Bonchev–Trinajstić information content (AvgIpc) is 3.24. The van der Waals surface area contributed by atoms with Gasteiger partial charge in [-0.1, -0.05) is 97.1 Å². The van der Waals surface area contributed by atoms with E-state index < -0.39 is 0 Å². The van der Waals surface area contributed by atoms with Crippen LogP contribution in [0, 0.1) is 11.8 Å². The summed E-state index contributed by atoms with van der Waals surface area (Å²) < 4.78 is 0. The van der Waals surface area contributed by atoms with Crippen LogP contribution in [-0.2, 0) is 0 Å². The summed E-state index contributed by atoms with van der Waals surface area (Å²) in [6, 6.07) is 33.0. The third kappa shape index (κ3) is 2.14. The van der Waals surface area contributed by atoms with Crippen LogP contribution in [0.25, 0.3) is 5.57 Å². The van der Waals surface area contributed by atoms with Gasteiger partial charge in [0.15, 0.2) is 0 Å². The maximum Gasteiger partial charge on any atom is 0.0132 e. The molecule has 116 valence electrons. The number of rotatable bonds is 3. The van der Waals surface area contributed by atoms with Crippen molar-refractivity contribution in [1.82, 2.24) is 0 Å². The molecule has 2 aliphatic rings. The van der Waals surface area contributed by atoms with Crippen molar-refractivity contribution in [3.8, 4) is 0 Å². The van der Waals surface area contributed by atoms with Gasteiger partial charge in [0, 0.05) is 5.92 Å². The Morgan fingerprint density at radius 1 is 0.542 bits per heavy atom. The normalized spacial score (nSPS) is 27.4. The lowest BCUT2D eigenvalue weighted by Gasteiger charge is -2.20. The number of hydrogen-bond donors (Lipinski definition) is 0. The Hall–Kier alpha value is -2.60. The quantitative estimate of drug-likeness (QED) is 0.565. The van der Waals surface area contributed by atoms with Crippen LogP contribution in [0.1, 0.15) is 28.5 Å². The molecule has 0 saturated heterocycles. The molecule has 0 heteroatoms. The molecule has 2 aliphatic carbocycles. The summed E-state index contributed by atoms with van der Waals surface area (Å²) in [6.07, 6.45) is 2.55. The van der Waals surface area contributed by atoms with Crippen molar-refractivity contribution in [3.63, 3.8) is 0 Å². The summed E-state index contributed by atoms with van der Waals surface area (Å²) in [5.74, 6) is 2.60. The smallest absolute Gasteiger partial charge is 0.0132 e. The monoisotopic (exact) mass is 308 g/mol. The Morgan fingerprint density at radius 2 is 1.08 bits per heavy atom. The molecule has 3 aromatic rings. The van der Waals surface area contributed by atoms with Crippen LogP contribution in [0.2, 0.25) is 0 Å². The van der Waals surface area contributed by atoms with Crippen molar-refractivity contribution in [2.45, 2.75) is 11.8 Å². The van der Waals surface area contributed by atoms with Gasteiger partial charge in [-0.3, -0.25) is 0 Å². The van der Waals surface area contributed by atoms with Crippen LogP contribution >= 0.6 is 0 Å². The molecule has 5 rings (SSSR count). The van der Waals surface area contributed by atoms with Crippen LogP contribution in [0.5, 0.6) is 0 Å². The SMILES string of the molecule is C1=C(c2ccccc2)[C@H](c2ccccc2)[C@@H]2[C@H]1[C@@H]2c1ccccc1. The van der Waals surface area contributed by atoms with E-state index in [1.807, 2.05) is 0 Å². The first kappa shape index (κ1) is 13.8. The van der Waals surface area contributed by atoms with Crippen LogP contribution in [0.4, 0.5) is 0 Å². The third-order valence-electron chi connectivity index (χ3n) is 5.68. The summed E-state index contributed by atoms with van der Waals surface area (Å²) in [7, 11) is 0. The summed E-state index contributed by atoms with van der Waals surface area (Å²) in [5.41, 5.74) is 5.85. The van der Waals surface area contributed by atoms with Gasteiger partial charge >= 0.3 is 0 Å². The summed E-state index contributed by atoms with van der Waals surface area (Å²) in [6.45, 7) is 0. The van der Waals surface area contributed by atoms with Gasteiger partial charge in [-0.25, -0.2) is 0 Å². The Kier molecular flexibility index (Phi) is 3.16. The molecule has 0 spiro atoms. The van der Waals surface area contributed by atoms with Gasteiger partial charge in [0.1, 0.15) is 0 Å². The van der Waals surface area contributed by atoms with E-state index >= 15 is 0 Å². The highest BCUT2D eigenvalue weighted by Crippen LogP contribution is 2.68. The topological polar surface area (TPSA) is 0 Å². The minimum atomic E-state index is 0.517. The zero-order valence-corrected chi connectivity index (χ0v) is 13.5. The largest absolute Gasteiger partial charge is 0.0760 e. The molecule has 3 aromatic carbocycles. The van der Waals surface area contributed by atoms with Crippen molar-refractivity contribution in [1.29, 1.82) is 0 Å². The maximum atomic E-state index is 2.55. The fourth-order valence-corrected chi connectivity index (χ4v) is 4.61. The van der Waals surface area contributed by atoms with E-state index in [9.17, 15) is 0 Å². The van der Waals surface area contributed by atoms with Gasteiger partial charge in [-0.2, -0.15) is 0 Å². The molecular weight excluding hydrogens is 288 g/mol. The van der Waals surface area contributed by atoms with Crippen molar-refractivity contribution in [2.24, 2.45) is 11.8 Å². The van der Waals surface area contributed by atoms with E-state index in [0.717, 1.165) is 0 Å². The Labute approximate surface area is 143 Å². The lowest BCUT2D eigenvalue weighted by Crippen LogP contribution is -2.04. The highest BCUT2D eigenvalue weighted by Gasteiger charge is 2.58. The van der Waals surface area contributed by atoms with Gasteiger partial charge < -0.3 is 0 Å². The van der Waals surface area contributed by atoms with Crippen LogP contribution in [0.3, 0.4) is 0 Å². The zero-order chi connectivity index (χ0) is 15.9. The molecule has 0 heterocycles. The second kappa shape index (κ2) is 5.49. The second-order valence-corrected chi connectivity index (χ2v) is 6.97. The summed E-state index contributed by atoms with van der Waals surface area (Å²) >= 11 is 0. The number of benzene rings is 3. The highest BCUT2D eigenvalue weighted by molar-refractivity contribution is 5.77. The van der Waals surface area contributed by atoms with E-state index in [2.05, 4.69) is 97.1 Å². The van der Waals surface area contributed by atoms with Crippen molar-refractivity contribution in [3.05, 3.63) is 114 Å². The molecule has 0 nitrogen and oxygen atoms in total. The van der Waals surface area contributed by atoms with E-state index in [1.54, 1.807) is 0 Å². The summed E-state index contributed by atoms with van der Waals surface area (Å²) in [5, 5.41) is 0. The third-order valence-corrected chi connectivity index (χ3v) is 5.68. The van der Waals surface area contributed by atoms with E-state index in [1.165, 1.54) is 22.3 Å². The molecule has 1 saturated carbocycles. The molecule has 0 unspecified atom stereocenters. The Morgan fingerprint density at radius 3 is 1.71 bits per heavy atom. The predicted octanol–water partition coefficient (Wildman–Crippen LogP) is 5.90. The molecule has 0 amide bonds. The molecule has 0 N–H and O–H groups in total. The highest BCUT2D eigenvalue weighted by atomic mass is 14.6. The van der Waals surface area contributed by atoms with Gasteiger partial charge in [0.05, 0.1) is 0 Å². The van der Waals surface area contributed by atoms with E-state index in [4.69, 9.17) is 0 Å². The predicted molar refractivity (Wildman–Crippen MR) is 99.8 cm³/mol. The van der Waals surface area contributed by atoms with Gasteiger partial charge in [0.25, 0.3) is 0 Å². The molecule has 1 fully saturated rings. The molecule has 0 bridgehead atoms. The van der Waals surface area contributed by atoms with Crippen LogP contribution in [-0.4, -0.2) is 0 Å². The molecular formula is C24H20. The lowest BCUT2D eigenvalue weighted by molar-refractivity contribution is 0.720. The second-order valence-electron chi connectivity index (χ2n) is 6.97. The van der Waals surface area contributed by atoms with E-state index in [-0.39, 0.29) is 0 Å². The molecule has 4 atom stereocenters. The molecule has 0 aliphatic heterocycles. The Balaban J connectivity index is 1.57. The molecule has 0 radical (unpaired) electrons. The van der Waals surface area contributed by atoms with Crippen molar-refractivity contribution < 1.29 is 0 Å². The fraction of sp³-hybridized carbons (Fsp3) is 0.167. The minimum Gasteiger partial charge on any atom is -0.0760 e. The minimum absolute atomic E-state index is 0.517. The standard InChI is InChI=1S/C24H20/c1-4-10-17(11-5-1)20-16-21-23(19-14-8-3-9-15-19)24(21)22(20)18-12-6-2-7-13-18/h1-16,21-24H/t21-,22+,23+,24+/m1/s1. The first-order valence-corrected chi connectivity index (χ1v) is 8.80. The lowest BCUT2D eigenvalue weighted by atomic mass is 9.83. The van der Waals surface area contributed by atoms with Gasteiger partial charge in [-0.15, -0.1) is 0 Å². The molecule has 0 aromatic heterocycles. The average molecular weight is 308 g/mol.